The molecule has 0 atom stereocenters. The molecule has 2 aromatic rings. The Morgan fingerprint density at radius 2 is 1.00 bits per heavy atom. The summed E-state index contributed by atoms with van der Waals surface area (Å²) >= 11 is 0. The number of aromatic nitrogens is 2. The third kappa shape index (κ3) is 5.89. The van der Waals surface area contributed by atoms with E-state index in [0.29, 0.717) is 35.4 Å². The maximum absolute atomic E-state index is 13.2. The summed E-state index contributed by atoms with van der Waals surface area (Å²) in [6.07, 6.45) is 4.86. The lowest BCUT2D eigenvalue weighted by Gasteiger charge is -2.19. The van der Waals surface area contributed by atoms with Gasteiger partial charge in [-0.3, -0.25) is 4.79 Å². The molecule has 0 saturated heterocycles. The Morgan fingerprint density at radius 1 is 0.667 bits per heavy atom. The van der Waals surface area contributed by atoms with E-state index in [1.807, 2.05) is 81.4 Å². The van der Waals surface area contributed by atoms with Gasteiger partial charge < -0.3 is 19.4 Å². The Morgan fingerprint density at radius 3 is 1.31 bits per heavy atom. The fourth-order valence-corrected chi connectivity index (χ4v) is 4.11. The van der Waals surface area contributed by atoms with Gasteiger partial charge in [0.05, 0.1) is 0 Å². The Labute approximate surface area is 213 Å². The van der Waals surface area contributed by atoms with Gasteiger partial charge in [0, 0.05) is 22.5 Å². The number of aromatic amines is 2. The zero-order valence-corrected chi connectivity index (χ0v) is 23.1. The van der Waals surface area contributed by atoms with Crippen LogP contribution in [0.2, 0.25) is 0 Å². The van der Waals surface area contributed by atoms with Gasteiger partial charge in [-0.2, -0.15) is 0 Å². The number of ketones is 1. The van der Waals surface area contributed by atoms with Crippen LogP contribution in [-0.4, -0.2) is 38.9 Å². The molecule has 1 aliphatic rings. The minimum Gasteiger partial charge on any atom is -0.455 e. The lowest BCUT2D eigenvalue weighted by molar-refractivity contribution is -0.111. The van der Waals surface area contributed by atoms with Crippen LogP contribution < -0.4 is 0 Å². The highest BCUT2D eigenvalue weighted by atomic mass is 16.6. The number of allylic oxidation sites excluding steroid dienone is 2. The normalized spacial score (nSPS) is 16.8. The molecule has 194 valence electrons. The molecule has 0 bridgehead atoms. The average molecular weight is 495 g/mol. The van der Waals surface area contributed by atoms with Crippen molar-refractivity contribution < 1.29 is 23.9 Å². The quantitative estimate of drug-likeness (QED) is 0.383. The molecule has 1 aliphatic carbocycles. The van der Waals surface area contributed by atoms with E-state index in [0.717, 1.165) is 33.6 Å². The molecule has 0 aliphatic heterocycles. The Hall–Kier alpha value is -3.35. The van der Waals surface area contributed by atoms with E-state index in [4.69, 9.17) is 9.47 Å². The molecule has 0 amide bonds. The van der Waals surface area contributed by atoms with Gasteiger partial charge in [-0.05, 0) is 116 Å². The molecule has 0 unspecified atom stereocenters. The number of hydrogen-bond acceptors (Lipinski definition) is 5. The molecule has 7 heteroatoms. The maximum atomic E-state index is 13.2. The summed E-state index contributed by atoms with van der Waals surface area (Å²) in [4.78, 5) is 44.7. The lowest BCUT2D eigenvalue weighted by Crippen LogP contribution is -2.24. The van der Waals surface area contributed by atoms with E-state index in [9.17, 15) is 14.4 Å². The summed E-state index contributed by atoms with van der Waals surface area (Å²) in [5.41, 5.74) is 5.87. The molecule has 2 aromatic heterocycles. The van der Waals surface area contributed by atoms with Crippen LogP contribution in [0.25, 0.3) is 12.2 Å². The van der Waals surface area contributed by atoms with Crippen molar-refractivity contribution in [2.45, 2.75) is 93.3 Å². The molecule has 7 nitrogen and oxygen atoms in total. The number of Topliss-reactive ketones (excluding diaryl/α,β-unsaturated/α-hetero) is 1. The standard InChI is InChI=1S/C29H38N2O5/c1-15-17(3)23(26(33)35-28(5,6)7)30-21(15)13-19-11-12-20(25(19)32)14-22-16(2)18(4)24(31-22)27(34)36-29(8,9)10/h13-14,30-31H,11-12H2,1-10H3/b19-13-,20-14+. The second-order valence-electron chi connectivity index (χ2n) is 11.5. The minimum absolute atomic E-state index is 0.0362. The van der Waals surface area contributed by atoms with Crippen LogP contribution >= 0.6 is 0 Å². The number of hydrogen-bond donors (Lipinski definition) is 2. The number of ether oxygens (including phenoxy) is 2. The largest absolute Gasteiger partial charge is 0.455 e. The molecule has 2 N–H and O–H groups in total. The molecule has 0 radical (unpaired) electrons. The first-order valence-corrected chi connectivity index (χ1v) is 12.3. The molecule has 1 fully saturated rings. The highest BCUT2D eigenvalue weighted by Crippen LogP contribution is 2.32. The highest BCUT2D eigenvalue weighted by molar-refractivity contribution is 6.15. The van der Waals surface area contributed by atoms with Gasteiger partial charge in [-0.1, -0.05) is 0 Å². The minimum atomic E-state index is -0.597. The van der Waals surface area contributed by atoms with E-state index >= 15 is 0 Å². The molecule has 1 saturated carbocycles. The summed E-state index contributed by atoms with van der Waals surface area (Å²) in [5.74, 6) is -0.861. The molecule has 0 spiro atoms. The summed E-state index contributed by atoms with van der Waals surface area (Å²) in [5, 5.41) is 0. The predicted molar refractivity (Wildman–Crippen MR) is 141 cm³/mol. The second-order valence-corrected chi connectivity index (χ2v) is 11.5. The van der Waals surface area contributed by atoms with Gasteiger partial charge >= 0.3 is 11.9 Å². The van der Waals surface area contributed by atoms with Gasteiger partial charge in [-0.25, -0.2) is 9.59 Å². The SMILES string of the molecule is Cc1c(/C=C2/CC/C(=C\c3[nH]c(C(=O)OC(C)(C)C)c(C)c3C)C2=O)[nH]c(C(=O)OC(C)(C)C)c1C. The highest BCUT2D eigenvalue weighted by Gasteiger charge is 2.27. The van der Waals surface area contributed by atoms with E-state index in [1.165, 1.54) is 0 Å². The molecular weight excluding hydrogens is 456 g/mol. The number of esters is 2. The maximum Gasteiger partial charge on any atom is 0.355 e. The second kappa shape index (κ2) is 9.60. The van der Waals surface area contributed by atoms with E-state index in [2.05, 4.69) is 9.97 Å². The van der Waals surface area contributed by atoms with E-state index < -0.39 is 23.1 Å². The van der Waals surface area contributed by atoms with Gasteiger partial charge in [0.25, 0.3) is 0 Å². The molecule has 2 heterocycles. The van der Waals surface area contributed by atoms with Gasteiger partial charge in [0.1, 0.15) is 22.6 Å². The monoisotopic (exact) mass is 494 g/mol. The van der Waals surface area contributed by atoms with Crippen LogP contribution in [0.5, 0.6) is 0 Å². The van der Waals surface area contributed by atoms with Crippen molar-refractivity contribution in [3.63, 3.8) is 0 Å². The topological polar surface area (TPSA) is 101 Å². The van der Waals surface area contributed by atoms with Crippen LogP contribution in [0.1, 0.15) is 109 Å². The fourth-order valence-electron chi connectivity index (χ4n) is 4.11. The molecule has 0 aromatic carbocycles. The first-order chi connectivity index (χ1) is 16.5. The van der Waals surface area contributed by atoms with Crippen molar-refractivity contribution in [3.05, 3.63) is 56.2 Å². The van der Waals surface area contributed by atoms with Crippen molar-refractivity contribution in [2.24, 2.45) is 0 Å². The Bertz CT molecular complexity index is 1190. The van der Waals surface area contributed by atoms with Crippen LogP contribution in [0.3, 0.4) is 0 Å². The van der Waals surface area contributed by atoms with Crippen LogP contribution in [-0.2, 0) is 14.3 Å². The first kappa shape index (κ1) is 27.2. The number of carbonyl (C=O) groups excluding carboxylic acids is 3. The average Bonchev–Trinajstić information content (AvgIpc) is 3.32. The summed E-state index contributed by atoms with van der Waals surface area (Å²) < 4.78 is 11.0. The fraction of sp³-hybridized carbons (Fsp3) is 0.483. The number of H-pyrrole nitrogens is 2. The Balaban J connectivity index is 1.87. The lowest BCUT2D eigenvalue weighted by atomic mass is 10.1. The van der Waals surface area contributed by atoms with Gasteiger partial charge in [0.2, 0.25) is 0 Å². The molecular formula is C29H38N2O5. The third-order valence-corrected chi connectivity index (χ3v) is 6.29. The zero-order chi connectivity index (χ0) is 27.2. The molecule has 3 rings (SSSR count). The van der Waals surface area contributed by atoms with Crippen molar-refractivity contribution in [3.8, 4) is 0 Å². The van der Waals surface area contributed by atoms with Crippen molar-refractivity contribution >= 4 is 29.9 Å². The molecule has 36 heavy (non-hydrogen) atoms. The van der Waals surface area contributed by atoms with Gasteiger partial charge in [-0.15, -0.1) is 0 Å². The van der Waals surface area contributed by atoms with Crippen LogP contribution in [0.15, 0.2) is 11.1 Å². The van der Waals surface area contributed by atoms with Crippen molar-refractivity contribution in [1.29, 1.82) is 0 Å². The van der Waals surface area contributed by atoms with Crippen LogP contribution in [0, 0.1) is 27.7 Å². The van der Waals surface area contributed by atoms with Gasteiger partial charge in [0.15, 0.2) is 5.78 Å². The third-order valence-electron chi connectivity index (χ3n) is 6.29. The summed E-state index contributed by atoms with van der Waals surface area (Å²) in [7, 11) is 0. The zero-order valence-electron chi connectivity index (χ0n) is 23.1. The van der Waals surface area contributed by atoms with Crippen molar-refractivity contribution in [1.82, 2.24) is 9.97 Å². The van der Waals surface area contributed by atoms with E-state index in [-0.39, 0.29) is 5.78 Å². The van der Waals surface area contributed by atoms with E-state index in [1.54, 1.807) is 0 Å². The summed E-state index contributed by atoms with van der Waals surface area (Å²) in [6, 6.07) is 0. The van der Waals surface area contributed by atoms with Crippen LogP contribution in [0.4, 0.5) is 0 Å². The summed E-state index contributed by atoms with van der Waals surface area (Å²) in [6.45, 7) is 18.5. The smallest absolute Gasteiger partial charge is 0.355 e. The number of rotatable bonds is 4. The first-order valence-electron chi connectivity index (χ1n) is 12.3. The predicted octanol–water partition coefficient (Wildman–Crippen LogP) is 6.32. The number of nitrogens with one attached hydrogen (secondary N) is 2. The van der Waals surface area contributed by atoms with Crippen molar-refractivity contribution in [2.75, 3.05) is 0 Å². The Kier molecular flexibility index (Phi) is 7.26. The number of carbonyl (C=O) groups is 3.